The molecule has 1 N–H and O–H groups in total. The molecule has 3 rings (SSSR count). The maximum atomic E-state index is 10.8. The molecule has 0 saturated carbocycles. The fourth-order valence-electron chi connectivity index (χ4n) is 3.51. The van der Waals surface area contributed by atoms with Crippen molar-refractivity contribution >= 4 is 34.5 Å². The minimum absolute atomic E-state index is 0.875. The molecule has 2 aromatic carbocycles. The Hall–Kier alpha value is -2.91. The van der Waals surface area contributed by atoms with E-state index >= 15 is 0 Å². The summed E-state index contributed by atoms with van der Waals surface area (Å²) in [5.41, 5.74) is 11.0. The van der Waals surface area contributed by atoms with Gasteiger partial charge < -0.3 is 5.11 Å². The summed E-state index contributed by atoms with van der Waals surface area (Å²) >= 11 is 1.74. The maximum absolute atomic E-state index is 10.8. The van der Waals surface area contributed by atoms with Crippen molar-refractivity contribution in [2.75, 3.05) is 0 Å². The summed E-state index contributed by atoms with van der Waals surface area (Å²) in [6.45, 7) is 8.66. The zero-order chi connectivity index (χ0) is 21.0. The Bertz CT molecular complexity index is 1080. The number of rotatable bonds is 6. The second-order valence-electron chi connectivity index (χ2n) is 7.27. The normalized spacial score (nSPS) is 12.3. The number of hydrogen-bond acceptors (Lipinski definition) is 2. The summed E-state index contributed by atoms with van der Waals surface area (Å²) in [5, 5.41) is 13.3. The van der Waals surface area contributed by atoms with Gasteiger partial charge in [0.05, 0.1) is 0 Å². The van der Waals surface area contributed by atoms with E-state index in [4.69, 9.17) is 5.11 Å². The number of carboxylic acid groups (broad SMARTS) is 1. The predicted molar refractivity (Wildman–Crippen MR) is 124 cm³/mol. The zero-order valence-corrected chi connectivity index (χ0v) is 18.1. The second kappa shape index (κ2) is 9.06. The van der Waals surface area contributed by atoms with E-state index < -0.39 is 5.97 Å². The Kier molecular flexibility index (Phi) is 6.50. The van der Waals surface area contributed by atoms with Gasteiger partial charge in [-0.1, -0.05) is 49.4 Å². The van der Waals surface area contributed by atoms with Crippen LogP contribution in [-0.4, -0.2) is 11.1 Å². The van der Waals surface area contributed by atoms with Gasteiger partial charge in [0.2, 0.25) is 0 Å². The van der Waals surface area contributed by atoms with Gasteiger partial charge in [0.25, 0.3) is 0 Å². The zero-order valence-electron chi connectivity index (χ0n) is 17.3. The molecule has 0 spiro atoms. The molecule has 0 saturated heterocycles. The van der Waals surface area contributed by atoms with Gasteiger partial charge >= 0.3 is 5.97 Å². The van der Waals surface area contributed by atoms with Gasteiger partial charge in [-0.15, -0.1) is 0 Å². The number of aliphatic carboxylic acids is 1. The van der Waals surface area contributed by atoms with Crippen LogP contribution in [-0.2, 0) is 4.79 Å². The molecule has 0 atom stereocenters. The van der Waals surface area contributed by atoms with Crippen molar-refractivity contribution in [3.05, 3.63) is 98.2 Å². The van der Waals surface area contributed by atoms with Crippen LogP contribution in [0.15, 0.2) is 59.3 Å². The molecule has 0 fully saturated rings. The van der Waals surface area contributed by atoms with Crippen LogP contribution < -0.4 is 0 Å². The lowest BCUT2D eigenvalue weighted by Gasteiger charge is -2.17. The van der Waals surface area contributed by atoms with Crippen molar-refractivity contribution in [1.29, 1.82) is 0 Å². The lowest BCUT2D eigenvalue weighted by molar-refractivity contribution is -0.131. The van der Waals surface area contributed by atoms with Crippen molar-refractivity contribution < 1.29 is 9.90 Å². The molecule has 0 radical (unpaired) electrons. The highest BCUT2D eigenvalue weighted by atomic mass is 32.1. The van der Waals surface area contributed by atoms with E-state index in [9.17, 15) is 4.79 Å². The summed E-state index contributed by atoms with van der Waals surface area (Å²) in [7, 11) is 0. The average Bonchev–Trinajstić information content (AvgIpc) is 3.13. The van der Waals surface area contributed by atoms with E-state index in [1.54, 1.807) is 17.4 Å². The van der Waals surface area contributed by atoms with Crippen LogP contribution in [0.5, 0.6) is 0 Å². The fourth-order valence-corrected chi connectivity index (χ4v) is 4.38. The van der Waals surface area contributed by atoms with Crippen molar-refractivity contribution in [2.45, 2.75) is 34.1 Å². The van der Waals surface area contributed by atoms with Crippen LogP contribution in [0.1, 0.15) is 52.3 Å². The molecule has 0 aliphatic rings. The van der Waals surface area contributed by atoms with Crippen LogP contribution >= 0.6 is 11.3 Å². The molecular formula is C26H26O2S. The van der Waals surface area contributed by atoms with E-state index in [0.717, 1.165) is 17.5 Å². The smallest absolute Gasteiger partial charge is 0.328 e. The third-order valence-corrected chi connectivity index (χ3v) is 6.11. The maximum Gasteiger partial charge on any atom is 0.328 e. The number of carboxylic acids is 1. The lowest BCUT2D eigenvalue weighted by Crippen LogP contribution is -1.97. The van der Waals surface area contributed by atoms with Crippen LogP contribution in [0.3, 0.4) is 0 Å². The van der Waals surface area contributed by atoms with E-state index in [1.807, 2.05) is 12.1 Å². The van der Waals surface area contributed by atoms with E-state index in [2.05, 4.69) is 68.8 Å². The molecule has 29 heavy (non-hydrogen) atoms. The molecule has 2 nitrogen and oxygen atoms in total. The van der Waals surface area contributed by atoms with Gasteiger partial charge in [-0.25, -0.2) is 4.79 Å². The Morgan fingerprint density at radius 2 is 1.62 bits per heavy atom. The summed E-state index contributed by atoms with van der Waals surface area (Å²) in [5.74, 6) is -0.939. The van der Waals surface area contributed by atoms with Crippen molar-refractivity contribution in [3.8, 4) is 0 Å². The van der Waals surface area contributed by atoms with Gasteiger partial charge in [0.1, 0.15) is 0 Å². The Balaban J connectivity index is 2.20. The molecular weight excluding hydrogens is 376 g/mol. The first-order valence-electron chi connectivity index (χ1n) is 9.76. The Morgan fingerprint density at radius 1 is 0.931 bits per heavy atom. The SMILES string of the molecule is CCC(=C(c1ccc(C=CC(=O)O)cc1)c1ccc(C)c(C)c1)c1cscc1C. The van der Waals surface area contributed by atoms with Gasteiger partial charge in [-0.05, 0) is 94.1 Å². The number of thiophene rings is 1. The molecule has 1 aromatic heterocycles. The minimum atomic E-state index is -0.939. The van der Waals surface area contributed by atoms with Crippen LogP contribution in [0.4, 0.5) is 0 Å². The fraction of sp³-hybridized carbons (Fsp3) is 0.192. The van der Waals surface area contributed by atoms with Crippen molar-refractivity contribution in [2.24, 2.45) is 0 Å². The average molecular weight is 403 g/mol. The first-order chi connectivity index (χ1) is 13.9. The molecule has 1 heterocycles. The number of aryl methyl sites for hydroxylation is 3. The summed E-state index contributed by atoms with van der Waals surface area (Å²) < 4.78 is 0. The summed E-state index contributed by atoms with van der Waals surface area (Å²) in [4.78, 5) is 10.8. The number of carbonyl (C=O) groups is 1. The molecule has 3 heteroatoms. The van der Waals surface area contributed by atoms with Gasteiger partial charge in [-0.2, -0.15) is 11.3 Å². The summed E-state index contributed by atoms with van der Waals surface area (Å²) in [6, 6.07) is 14.8. The molecule has 148 valence electrons. The third-order valence-electron chi connectivity index (χ3n) is 5.25. The first kappa shape index (κ1) is 20.8. The van der Waals surface area contributed by atoms with Crippen LogP contribution in [0.25, 0.3) is 17.2 Å². The highest BCUT2D eigenvalue weighted by Gasteiger charge is 2.15. The largest absolute Gasteiger partial charge is 0.478 e. The van der Waals surface area contributed by atoms with Crippen LogP contribution in [0.2, 0.25) is 0 Å². The van der Waals surface area contributed by atoms with Crippen LogP contribution in [0, 0.1) is 20.8 Å². The van der Waals surface area contributed by atoms with Crippen molar-refractivity contribution in [1.82, 2.24) is 0 Å². The first-order valence-corrected chi connectivity index (χ1v) is 10.7. The summed E-state index contributed by atoms with van der Waals surface area (Å²) in [6.07, 6.45) is 3.72. The predicted octanol–water partition coefficient (Wildman–Crippen LogP) is 7.14. The van der Waals surface area contributed by atoms with E-state index in [0.29, 0.717) is 0 Å². The molecule has 0 unspecified atom stereocenters. The quantitative estimate of drug-likeness (QED) is 0.445. The minimum Gasteiger partial charge on any atom is -0.478 e. The molecule has 0 bridgehead atoms. The van der Waals surface area contributed by atoms with Gasteiger partial charge in [0, 0.05) is 6.08 Å². The van der Waals surface area contributed by atoms with Gasteiger partial charge in [0.15, 0.2) is 0 Å². The van der Waals surface area contributed by atoms with E-state index in [1.165, 1.54) is 45.0 Å². The lowest BCUT2D eigenvalue weighted by atomic mass is 9.87. The number of benzene rings is 2. The molecule has 3 aromatic rings. The Morgan fingerprint density at radius 3 is 2.17 bits per heavy atom. The standard InChI is InChI=1S/C26H26O2S/c1-5-23(24-16-29-15-19(24)4)26(22-10-6-17(2)18(3)14-22)21-11-7-20(8-12-21)9-13-25(27)28/h6-16H,5H2,1-4H3,(H,27,28). The van der Waals surface area contributed by atoms with Gasteiger partial charge in [-0.3, -0.25) is 0 Å². The highest BCUT2D eigenvalue weighted by Crippen LogP contribution is 2.37. The highest BCUT2D eigenvalue weighted by molar-refractivity contribution is 7.08. The third kappa shape index (κ3) is 4.75. The number of hydrogen-bond donors (Lipinski definition) is 1. The number of allylic oxidation sites excluding steroid dienone is 1. The monoisotopic (exact) mass is 402 g/mol. The molecule has 0 aliphatic heterocycles. The second-order valence-corrected chi connectivity index (χ2v) is 8.01. The van der Waals surface area contributed by atoms with E-state index in [-0.39, 0.29) is 0 Å². The molecule has 0 aliphatic carbocycles. The Labute approximate surface area is 176 Å². The molecule has 0 amide bonds. The topological polar surface area (TPSA) is 37.3 Å². The van der Waals surface area contributed by atoms with Crippen molar-refractivity contribution in [3.63, 3.8) is 0 Å².